The van der Waals surface area contributed by atoms with Gasteiger partial charge in [-0.2, -0.15) is 13.2 Å². The minimum absolute atomic E-state index is 0.0284. The smallest absolute Gasteiger partial charge is 0.370 e. The largest absolute Gasteiger partial charge is 0.411 e. The van der Waals surface area contributed by atoms with Crippen LogP contribution in [0.2, 0.25) is 0 Å². The van der Waals surface area contributed by atoms with E-state index in [1.807, 2.05) is 0 Å². The number of carbonyl (C=O) groups is 2. The molecule has 1 amide bonds. The van der Waals surface area contributed by atoms with Crippen LogP contribution < -0.4 is 0 Å². The minimum atomic E-state index is -4.36. The van der Waals surface area contributed by atoms with E-state index in [4.69, 9.17) is 0 Å². The van der Waals surface area contributed by atoms with E-state index in [9.17, 15) is 22.8 Å². The van der Waals surface area contributed by atoms with Gasteiger partial charge in [-0.25, -0.2) is 0 Å². The molecule has 7 heteroatoms. The van der Waals surface area contributed by atoms with Gasteiger partial charge < -0.3 is 9.64 Å². The predicted molar refractivity (Wildman–Crippen MR) is 43.1 cm³/mol. The number of carbonyl (C=O) groups excluding carboxylic acids is 2. The van der Waals surface area contributed by atoms with Gasteiger partial charge in [0.15, 0.2) is 0 Å². The first-order valence-corrected chi connectivity index (χ1v) is 4.37. The summed E-state index contributed by atoms with van der Waals surface area (Å²) < 4.78 is 39.2. The summed E-state index contributed by atoms with van der Waals surface area (Å²) in [5.74, 6) is -1.13. The standard InChI is InChI=1S/C8H10F3NO3/c9-8(10,11)5-15-4-3-12-2-1-6(13)7(12)14/h1-5H2. The topological polar surface area (TPSA) is 46.6 Å². The van der Waals surface area contributed by atoms with Crippen LogP contribution in [-0.4, -0.2) is 49.1 Å². The fourth-order valence-corrected chi connectivity index (χ4v) is 1.20. The van der Waals surface area contributed by atoms with E-state index in [0.29, 0.717) is 0 Å². The molecule has 0 spiro atoms. The predicted octanol–water partition coefficient (Wildman–Crippen LogP) is 0.367. The second-order valence-corrected chi connectivity index (χ2v) is 3.13. The Kier molecular flexibility index (Phi) is 3.67. The Morgan fingerprint density at radius 1 is 1.33 bits per heavy atom. The van der Waals surface area contributed by atoms with E-state index in [1.54, 1.807) is 0 Å². The normalized spacial score (nSPS) is 17.7. The zero-order valence-corrected chi connectivity index (χ0v) is 7.84. The van der Waals surface area contributed by atoms with Crippen molar-refractivity contribution in [1.29, 1.82) is 0 Å². The maximum absolute atomic E-state index is 11.6. The van der Waals surface area contributed by atoms with Crippen LogP contribution in [0.25, 0.3) is 0 Å². The van der Waals surface area contributed by atoms with Crippen molar-refractivity contribution in [2.75, 3.05) is 26.3 Å². The molecule has 0 unspecified atom stereocenters. The van der Waals surface area contributed by atoms with Crippen LogP contribution in [0.5, 0.6) is 0 Å². The molecule has 1 heterocycles. The van der Waals surface area contributed by atoms with Gasteiger partial charge in [0.05, 0.1) is 6.61 Å². The molecule has 0 aromatic carbocycles. The van der Waals surface area contributed by atoms with Gasteiger partial charge in [-0.1, -0.05) is 0 Å². The molecule has 0 radical (unpaired) electrons. The summed E-state index contributed by atoms with van der Waals surface area (Å²) in [5, 5.41) is 0. The van der Waals surface area contributed by atoms with Crippen molar-refractivity contribution in [3.05, 3.63) is 0 Å². The summed E-state index contributed by atoms with van der Waals surface area (Å²) in [6.07, 6.45) is -4.22. The van der Waals surface area contributed by atoms with Crippen molar-refractivity contribution in [2.24, 2.45) is 0 Å². The van der Waals surface area contributed by atoms with E-state index < -0.39 is 24.5 Å². The maximum Gasteiger partial charge on any atom is 0.411 e. The van der Waals surface area contributed by atoms with Gasteiger partial charge in [0, 0.05) is 19.5 Å². The second kappa shape index (κ2) is 4.61. The van der Waals surface area contributed by atoms with Crippen LogP contribution in [-0.2, 0) is 14.3 Å². The fourth-order valence-electron chi connectivity index (χ4n) is 1.20. The number of alkyl halides is 3. The maximum atomic E-state index is 11.6. The molecule has 0 aromatic heterocycles. The van der Waals surface area contributed by atoms with Gasteiger partial charge in [0.25, 0.3) is 5.91 Å². The zero-order chi connectivity index (χ0) is 11.5. The molecule has 0 bridgehead atoms. The molecule has 0 aromatic rings. The number of ketones is 1. The lowest BCUT2D eigenvalue weighted by molar-refractivity contribution is -0.174. The number of likely N-dealkylation sites (tertiary alicyclic amines) is 1. The van der Waals surface area contributed by atoms with E-state index in [1.165, 1.54) is 4.90 Å². The third-order valence-electron chi connectivity index (χ3n) is 1.91. The molecule has 1 saturated heterocycles. The molecule has 0 N–H and O–H groups in total. The van der Waals surface area contributed by atoms with Crippen molar-refractivity contribution in [3.8, 4) is 0 Å². The first-order valence-electron chi connectivity index (χ1n) is 4.37. The molecular formula is C8H10F3NO3. The molecule has 15 heavy (non-hydrogen) atoms. The molecule has 1 fully saturated rings. The number of Topliss-reactive ketones (excluding diaryl/α,β-unsaturated/α-hetero) is 1. The minimum Gasteiger partial charge on any atom is -0.370 e. The number of ether oxygens (including phenoxy) is 1. The van der Waals surface area contributed by atoms with E-state index in [2.05, 4.69) is 4.74 Å². The van der Waals surface area contributed by atoms with Crippen molar-refractivity contribution in [1.82, 2.24) is 4.90 Å². The van der Waals surface area contributed by atoms with Gasteiger partial charge in [-0.15, -0.1) is 0 Å². The van der Waals surface area contributed by atoms with Gasteiger partial charge in [0.2, 0.25) is 5.78 Å². The Morgan fingerprint density at radius 2 is 2.00 bits per heavy atom. The fraction of sp³-hybridized carbons (Fsp3) is 0.750. The molecule has 0 aliphatic carbocycles. The van der Waals surface area contributed by atoms with Gasteiger partial charge in [-0.3, -0.25) is 9.59 Å². The summed E-state index contributed by atoms with van der Waals surface area (Å²) in [6.45, 7) is -1.24. The number of amides is 1. The van der Waals surface area contributed by atoms with Crippen molar-refractivity contribution in [3.63, 3.8) is 0 Å². The first-order chi connectivity index (χ1) is 6.90. The number of hydrogen-bond donors (Lipinski definition) is 0. The first kappa shape index (κ1) is 12.0. The van der Waals surface area contributed by atoms with E-state index in [-0.39, 0.29) is 26.1 Å². The number of rotatable bonds is 4. The Bertz CT molecular complexity index is 264. The highest BCUT2D eigenvalue weighted by Crippen LogP contribution is 2.14. The molecule has 0 atom stereocenters. The average molecular weight is 225 g/mol. The SMILES string of the molecule is O=C1CCN(CCOCC(F)(F)F)C1=O. The molecule has 86 valence electrons. The van der Waals surface area contributed by atoms with Crippen LogP contribution in [0.1, 0.15) is 6.42 Å². The van der Waals surface area contributed by atoms with Crippen LogP contribution in [0.3, 0.4) is 0 Å². The zero-order valence-electron chi connectivity index (χ0n) is 7.84. The molecule has 0 saturated carbocycles. The number of nitrogens with zero attached hydrogens (tertiary/aromatic N) is 1. The lowest BCUT2D eigenvalue weighted by Crippen LogP contribution is -2.31. The summed E-state index contributed by atoms with van der Waals surface area (Å²) in [7, 11) is 0. The lowest BCUT2D eigenvalue weighted by Gasteiger charge is -2.14. The van der Waals surface area contributed by atoms with Crippen LogP contribution in [0.15, 0.2) is 0 Å². The molecule has 1 aliphatic heterocycles. The highest BCUT2D eigenvalue weighted by molar-refractivity contribution is 6.37. The summed E-state index contributed by atoms with van der Waals surface area (Å²) in [5.41, 5.74) is 0. The Hall–Kier alpha value is -1.11. The van der Waals surface area contributed by atoms with E-state index >= 15 is 0 Å². The van der Waals surface area contributed by atoms with Gasteiger partial charge in [0.1, 0.15) is 6.61 Å². The molecule has 1 aliphatic rings. The summed E-state index contributed by atoms with van der Waals surface area (Å²) >= 11 is 0. The van der Waals surface area contributed by atoms with E-state index in [0.717, 1.165) is 0 Å². The lowest BCUT2D eigenvalue weighted by atomic mass is 10.3. The second-order valence-electron chi connectivity index (χ2n) is 3.13. The quantitative estimate of drug-likeness (QED) is 0.513. The number of halogens is 3. The Morgan fingerprint density at radius 3 is 2.47 bits per heavy atom. The highest BCUT2D eigenvalue weighted by Gasteiger charge is 2.30. The molecule has 4 nitrogen and oxygen atoms in total. The monoisotopic (exact) mass is 225 g/mol. The third kappa shape index (κ3) is 3.86. The summed E-state index contributed by atoms with van der Waals surface area (Å²) in [6, 6.07) is 0. The molecular weight excluding hydrogens is 215 g/mol. The van der Waals surface area contributed by atoms with Crippen molar-refractivity contribution >= 4 is 11.7 Å². The van der Waals surface area contributed by atoms with Crippen LogP contribution >= 0.6 is 0 Å². The highest BCUT2D eigenvalue weighted by atomic mass is 19.4. The average Bonchev–Trinajstić information content (AvgIpc) is 2.42. The Balaban J connectivity index is 2.16. The molecule has 1 rings (SSSR count). The van der Waals surface area contributed by atoms with Crippen molar-refractivity contribution < 1.29 is 27.5 Å². The van der Waals surface area contributed by atoms with Crippen LogP contribution in [0, 0.1) is 0 Å². The van der Waals surface area contributed by atoms with Crippen molar-refractivity contribution in [2.45, 2.75) is 12.6 Å². The Labute approximate surface area is 84.0 Å². The van der Waals surface area contributed by atoms with Gasteiger partial charge in [-0.05, 0) is 0 Å². The van der Waals surface area contributed by atoms with Crippen LogP contribution in [0.4, 0.5) is 13.2 Å². The third-order valence-corrected chi connectivity index (χ3v) is 1.91. The van der Waals surface area contributed by atoms with Gasteiger partial charge >= 0.3 is 6.18 Å². The number of hydrogen-bond acceptors (Lipinski definition) is 3. The summed E-state index contributed by atoms with van der Waals surface area (Å²) in [4.78, 5) is 23.0.